The number of piperidine rings is 1. The molecule has 2 unspecified atom stereocenters. The van der Waals surface area contributed by atoms with E-state index in [4.69, 9.17) is 5.11 Å². The van der Waals surface area contributed by atoms with Gasteiger partial charge in [0.25, 0.3) is 0 Å². The number of aldehydes is 1. The fourth-order valence-electron chi connectivity index (χ4n) is 1.54. The Labute approximate surface area is 71.2 Å². The van der Waals surface area contributed by atoms with Crippen molar-refractivity contribution in [3.8, 4) is 0 Å². The van der Waals surface area contributed by atoms with Crippen LogP contribution in [0.2, 0.25) is 0 Å². The molecule has 68 valence electrons. The van der Waals surface area contributed by atoms with E-state index in [0.29, 0.717) is 18.9 Å². The number of hydrogen-bond acceptors (Lipinski definition) is 2. The molecule has 2 atom stereocenters. The second-order valence-corrected chi connectivity index (χ2v) is 3.32. The smallest absolute Gasteiger partial charge is 0.407 e. The Kier molecular flexibility index (Phi) is 2.68. The van der Waals surface area contributed by atoms with Crippen molar-refractivity contribution in [2.45, 2.75) is 25.8 Å². The Morgan fingerprint density at radius 2 is 2.25 bits per heavy atom. The molecule has 1 aliphatic heterocycles. The number of carboxylic acid groups (broad SMARTS) is 1. The molecule has 0 bridgehead atoms. The quantitative estimate of drug-likeness (QED) is 0.598. The molecule has 0 radical (unpaired) electrons. The lowest BCUT2D eigenvalue weighted by molar-refractivity contribution is -0.113. The van der Waals surface area contributed by atoms with Gasteiger partial charge in [0.1, 0.15) is 6.29 Å². The average molecular weight is 171 g/mol. The molecule has 0 aromatic rings. The molecular weight excluding hydrogens is 158 g/mol. The monoisotopic (exact) mass is 171 g/mol. The number of rotatable bonds is 1. The van der Waals surface area contributed by atoms with E-state index in [2.05, 4.69) is 0 Å². The van der Waals surface area contributed by atoms with Crippen molar-refractivity contribution >= 4 is 12.4 Å². The number of hydrogen-bond donors (Lipinski definition) is 1. The Morgan fingerprint density at radius 3 is 2.75 bits per heavy atom. The maximum Gasteiger partial charge on any atom is 0.407 e. The molecule has 1 fully saturated rings. The zero-order valence-electron chi connectivity index (χ0n) is 7.06. The summed E-state index contributed by atoms with van der Waals surface area (Å²) in [5, 5.41) is 8.72. The second kappa shape index (κ2) is 3.56. The summed E-state index contributed by atoms with van der Waals surface area (Å²) in [4.78, 5) is 22.3. The molecule has 1 aliphatic rings. The third kappa shape index (κ3) is 1.75. The fourth-order valence-corrected chi connectivity index (χ4v) is 1.54. The van der Waals surface area contributed by atoms with Crippen molar-refractivity contribution in [1.29, 1.82) is 0 Å². The Morgan fingerprint density at radius 1 is 1.58 bits per heavy atom. The van der Waals surface area contributed by atoms with Crippen LogP contribution < -0.4 is 0 Å². The average Bonchev–Trinajstić information content (AvgIpc) is 2.04. The first-order valence-electron chi connectivity index (χ1n) is 4.10. The van der Waals surface area contributed by atoms with E-state index in [1.165, 1.54) is 4.90 Å². The van der Waals surface area contributed by atoms with E-state index in [1.54, 1.807) is 0 Å². The van der Waals surface area contributed by atoms with Crippen LogP contribution in [-0.2, 0) is 4.79 Å². The molecule has 0 spiro atoms. The molecule has 0 aromatic heterocycles. The lowest BCUT2D eigenvalue weighted by Gasteiger charge is -2.33. The molecule has 1 amide bonds. The van der Waals surface area contributed by atoms with Crippen molar-refractivity contribution in [2.75, 3.05) is 6.54 Å². The van der Waals surface area contributed by atoms with Crippen LogP contribution in [0.1, 0.15) is 19.8 Å². The van der Waals surface area contributed by atoms with Crippen molar-refractivity contribution < 1.29 is 14.7 Å². The van der Waals surface area contributed by atoms with Crippen LogP contribution in [-0.4, -0.2) is 35.0 Å². The second-order valence-electron chi connectivity index (χ2n) is 3.32. The molecular formula is C8H13NO3. The van der Waals surface area contributed by atoms with Gasteiger partial charge in [0, 0.05) is 6.54 Å². The number of nitrogens with zero attached hydrogens (tertiary/aromatic N) is 1. The molecule has 0 aliphatic carbocycles. The molecule has 1 N–H and O–H groups in total. The first-order chi connectivity index (χ1) is 5.65. The predicted octanol–water partition coefficient (Wildman–Crippen LogP) is 0.964. The highest BCUT2D eigenvalue weighted by molar-refractivity contribution is 5.72. The van der Waals surface area contributed by atoms with Crippen LogP contribution in [0.5, 0.6) is 0 Å². The summed E-state index contributed by atoms with van der Waals surface area (Å²) >= 11 is 0. The highest BCUT2D eigenvalue weighted by Gasteiger charge is 2.28. The minimum Gasteiger partial charge on any atom is -0.465 e. The molecule has 1 saturated heterocycles. The number of likely N-dealkylation sites (tertiary alicyclic amines) is 1. The summed E-state index contributed by atoms with van der Waals surface area (Å²) in [5.74, 6) is 0.372. The highest BCUT2D eigenvalue weighted by atomic mass is 16.4. The van der Waals surface area contributed by atoms with Crippen LogP contribution in [0, 0.1) is 5.92 Å². The minimum absolute atomic E-state index is 0.372. The summed E-state index contributed by atoms with van der Waals surface area (Å²) in [6.45, 7) is 2.48. The van der Waals surface area contributed by atoms with E-state index in [1.807, 2.05) is 6.92 Å². The highest BCUT2D eigenvalue weighted by Crippen LogP contribution is 2.20. The van der Waals surface area contributed by atoms with Crippen molar-refractivity contribution in [1.82, 2.24) is 4.90 Å². The van der Waals surface area contributed by atoms with Gasteiger partial charge in [-0.15, -0.1) is 0 Å². The zero-order valence-corrected chi connectivity index (χ0v) is 7.06. The summed E-state index contributed by atoms with van der Waals surface area (Å²) in [7, 11) is 0. The van der Waals surface area contributed by atoms with E-state index < -0.39 is 12.1 Å². The van der Waals surface area contributed by atoms with Crippen LogP contribution >= 0.6 is 0 Å². The summed E-state index contributed by atoms with van der Waals surface area (Å²) < 4.78 is 0. The van der Waals surface area contributed by atoms with Gasteiger partial charge in [-0.2, -0.15) is 0 Å². The van der Waals surface area contributed by atoms with Crippen LogP contribution in [0.25, 0.3) is 0 Å². The van der Waals surface area contributed by atoms with E-state index in [9.17, 15) is 9.59 Å². The normalized spacial score (nSPS) is 29.9. The van der Waals surface area contributed by atoms with E-state index >= 15 is 0 Å². The van der Waals surface area contributed by atoms with Gasteiger partial charge in [-0.3, -0.25) is 4.90 Å². The standard InChI is InChI=1S/C8H13NO3/c1-6-2-3-7(5-10)9(4-6)8(11)12/h5-7H,2-4H2,1H3,(H,11,12). The fraction of sp³-hybridized carbons (Fsp3) is 0.750. The zero-order chi connectivity index (χ0) is 9.14. The molecule has 12 heavy (non-hydrogen) atoms. The largest absolute Gasteiger partial charge is 0.465 e. The van der Waals surface area contributed by atoms with Gasteiger partial charge in [-0.25, -0.2) is 4.79 Å². The van der Waals surface area contributed by atoms with Crippen molar-refractivity contribution in [3.05, 3.63) is 0 Å². The molecule has 1 rings (SSSR count). The predicted molar refractivity (Wildman–Crippen MR) is 43.0 cm³/mol. The van der Waals surface area contributed by atoms with Crippen LogP contribution in [0.15, 0.2) is 0 Å². The van der Waals surface area contributed by atoms with Gasteiger partial charge in [0.05, 0.1) is 6.04 Å². The molecule has 0 aromatic carbocycles. The number of carbonyl (C=O) groups is 2. The third-order valence-electron chi connectivity index (χ3n) is 2.27. The van der Waals surface area contributed by atoms with Gasteiger partial charge in [0.15, 0.2) is 0 Å². The van der Waals surface area contributed by atoms with Gasteiger partial charge < -0.3 is 9.90 Å². The summed E-state index contributed by atoms with van der Waals surface area (Å²) in [6.07, 6.45) is 1.34. The summed E-state index contributed by atoms with van der Waals surface area (Å²) in [5.41, 5.74) is 0. The first-order valence-corrected chi connectivity index (χ1v) is 4.10. The maximum atomic E-state index is 10.6. The van der Waals surface area contributed by atoms with E-state index in [0.717, 1.165) is 12.7 Å². The van der Waals surface area contributed by atoms with Gasteiger partial charge in [-0.05, 0) is 18.8 Å². The topological polar surface area (TPSA) is 57.6 Å². The lowest BCUT2D eigenvalue weighted by atomic mass is 9.95. The molecule has 4 heteroatoms. The Bertz CT molecular complexity index is 193. The maximum absolute atomic E-state index is 10.6. The Hall–Kier alpha value is -1.06. The lowest BCUT2D eigenvalue weighted by Crippen LogP contribution is -2.46. The number of carbonyl (C=O) groups excluding carboxylic acids is 1. The van der Waals surface area contributed by atoms with E-state index in [-0.39, 0.29) is 0 Å². The summed E-state index contributed by atoms with van der Waals surface area (Å²) in [6, 6.07) is -0.418. The first kappa shape index (κ1) is 9.03. The van der Waals surface area contributed by atoms with Crippen LogP contribution in [0.4, 0.5) is 4.79 Å². The minimum atomic E-state index is -0.987. The van der Waals surface area contributed by atoms with Gasteiger partial charge in [-0.1, -0.05) is 6.92 Å². The molecule has 4 nitrogen and oxygen atoms in total. The number of amides is 1. The van der Waals surface area contributed by atoms with Crippen molar-refractivity contribution in [2.24, 2.45) is 5.92 Å². The third-order valence-corrected chi connectivity index (χ3v) is 2.27. The molecule has 0 saturated carbocycles. The SMILES string of the molecule is CC1CCC(C=O)N(C(=O)O)C1. The molecule has 1 heterocycles. The van der Waals surface area contributed by atoms with Crippen LogP contribution in [0.3, 0.4) is 0 Å². The van der Waals surface area contributed by atoms with Crippen molar-refractivity contribution in [3.63, 3.8) is 0 Å². The van der Waals surface area contributed by atoms with Gasteiger partial charge in [0.2, 0.25) is 0 Å². The van der Waals surface area contributed by atoms with Gasteiger partial charge >= 0.3 is 6.09 Å². The Balaban J connectivity index is 2.63.